The van der Waals surface area contributed by atoms with Gasteiger partial charge in [-0.25, -0.2) is 4.79 Å². The Morgan fingerprint density at radius 3 is 2.30 bits per heavy atom. The van der Waals surface area contributed by atoms with E-state index in [-0.39, 0.29) is 11.9 Å². The third kappa shape index (κ3) is 4.67. The summed E-state index contributed by atoms with van der Waals surface area (Å²) in [5.74, 6) is 0.212. The predicted molar refractivity (Wildman–Crippen MR) is 75.7 cm³/mol. The molecular formula is C14H25N3O3. The molecule has 0 atom stereocenters. The fraction of sp³-hybridized carbons (Fsp3) is 0.857. The maximum Gasteiger partial charge on any atom is 0.404 e. The van der Waals surface area contributed by atoms with Crippen molar-refractivity contribution in [3.8, 4) is 0 Å². The minimum atomic E-state index is -0.972. The Kier molecular flexibility index (Phi) is 5.64. The lowest BCUT2D eigenvalue weighted by Gasteiger charge is -2.33. The van der Waals surface area contributed by atoms with Gasteiger partial charge in [-0.15, -0.1) is 0 Å². The van der Waals surface area contributed by atoms with E-state index in [1.807, 2.05) is 4.90 Å². The zero-order valence-corrected chi connectivity index (χ0v) is 12.0. The van der Waals surface area contributed by atoms with Gasteiger partial charge in [-0.3, -0.25) is 4.79 Å². The van der Waals surface area contributed by atoms with Crippen LogP contribution in [0.4, 0.5) is 4.79 Å². The first-order valence-electron chi connectivity index (χ1n) is 7.65. The van der Waals surface area contributed by atoms with Gasteiger partial charge in [0.15, 0.2) is 0 Å². The van der Waals surface area contributed by atoms with Gasteiger partial charge in [0.05, 0.1) is 0 Å². The maximum absolute atomic E-state index is 12.1. The fourth-order valence-corrected chi connectivity index (χ4v) is 3.04. The number of hydrogen-bond acceptors (Lipinski definition) is 3. The SMILES string of the molecule is O=C(O)NC1CCN(C(=O)CCN2CCCCC2)CC1. The van der Waals surface area contributed by atoms with Crippen LogP contribution in [-0.4, -0.2) is 65.7 Å². The Labute approximate surface area is 120 Å². The summed E-state index contributed by atoms with van der Waals surface area (Å²) in [5, 5.41) is 11.2. The smallest absolute Gasteiger partial charge is 0.404 e. The first-order valence-corrected chi connectivity index (χ1v) is 7.65. The van der Waals surface area contributed by atoms with Crippen LogP contribution in [0.2, 0.25) is 0 Å². The molecule has 20 heavy (non-hydrogen) atoms. The zero-order chi connectivity index (χ0) is 14.4. The number of hydrogen-bond donors (Lipinski definition) is 2. The van der Waals surface area contributed by atoms with Crippen LogP contribution in [0.1, 0.15) is 38.5 Å². The third-order valence-electron chi connectivity index (χ3n) is 4.27. The van der Waals surface area contributed by atoms with Crippen LogP contribution in [-0.2, 0) is 4.79 Å². The molecular weight excluding hydrogens is 258 g/mol. The van der Waals surface area contributed by atoms with Gasteiger partial charge in [0.1, 0.15) is 0 Å². The maximum atomic E-state index is 12.1. The Morgan fingerprint density at radius 1 is 1.05 bits per heavy atom. The van der Waals surface area contributed by atoms with Crippen molar-refractivity contribution >= 4 is 12.0 Å². The number of carbonyl (C=O) groups excluding carboxylic acids is 1. The molecule has 0 spiro atoms. The molecule has 114 valence electrons. The number of piperidine rings is 2. The van der Waals surface area contributed by atoms with Crippen molar-refractivity contribution in [2.24, 2.45) is 0 Å². The number of carboxylic acid groups (broad SMARTS) is 1. The van der Waals surface area contributed by atoms with Crippen LogP contribution in [0, 0.1) is 0 Å². The highest BCUT2D eigenvalue weighted by Crippen LogP contribution is 2.13. The van der Waals surface area contributed by atoms with Crippen LogP contribution in [0.15, 0.2) is 0 Å². The molecule has 0 aromatic carbocycles. The van der Waals surface area contributed by atoms with Crippen LogP contribution < -0.4 is 5.32 Å². The van der Waals surface area contributed by atoms with E-state index in [4.69, 9.17) is 5.11 Å². The molecule has 0 aromatic rings. The van der Waals surface area contributed by atoms with Gasteiger partial charge in [-0.05, 0) is 38.8 Å². The molecule has 2 fully saturated rings. The molecule has 0 unspecified atom stereocenters. The molecule has 0 saturated carbocycles. The molecule has 0 radical (unpaired) electrons. The Hall–Kier alpha value is -1.30. The van der Waals surface area contributed by atoms with E-state index in [0.717, 1.165) is 32.5 Å². The number of amides is 2. The average Bonchev–Trinajstić information content (AvgIpc) is 2.46. The Balaban J connectivity index is 1.65. The van der Waals surface area contributed by atoms with Crippen molar-refractivity contribution in [1.29, 1.82) is 0 Å². The van der Waals surface area contributed by atoms with Crippen molar-refractivity contribution in [3.05, 3.63) is 0 Å². The molecule has 2 aliphatic rings. The van der Waals surface area contributed by atoms with Crippen molar-refractivity contribution in [3.63, 3.8) is 0 Å². The van der Waals surface area contributed by atoms with Crippen molar-refractivity contribution in [1.82, 2.24) is 15.1 Å². The monoisotopic (exact) mass is 283 g/mol. The number of nitrogens with zero attached hydrogens (tertiary/aromatic N) is 2. The number of rotatable bonds is 4. The quantitative estimate of drug-likeness (QED) is 0.811. The second-order valence-electron chi connectivity index (χ2n) is 5.76. The van der Waals surface area contributed by atoms with Gasteiger partial charge in [-0.1, -0.05) is 6.42 Å². The van der Waals surface area contributed by atoms with E-state index < -0.39 is 6.09 Å². The lowest BCUT2D eigenvalue weighted by Crippen LogP contribution is -2.46. The third-order valence-corrected chi connectivity index (χ3v) is 4.27. The van der Waals surface area contributed by atoms with Crippen molar-refractivity contribution in [2.45, 2.75) is 44.6 Å². The molecule has 2 N–H and O–H groups in total. The van der Waals surface area contributed by atoms with E-state index in [9.17, 15) is 9.59 Å². The molecule has 6 nitrogen and oxygen atoms in total. The highest BCUT2D eigenvalue weighted by Gasteiger charge is 2.24. The van der Waals surface area contributed by atoms with E-state index in [1.165, 1.54) is 19.3 Å². The number of nitrogens with one attached hydrogen (secondary N) is 1. The highest BCUT2D eigenvalue weighted by atomic mass is 16.4. The van der Waals surface area contributed by atoms with Crippen LogP contribution in [0.25, 0.3) is 0 Å². The van der Waals surface area contributed by atoms with E-state index in [1.54, 1.807) is 0 Å². The highest BCUT2D eigenvalue weighted by molar-refractivity contribution is 5.76. The van der Waals surface area contributed by atoms with E-state index >= 15 is 0 Å². The molecule has 2 saturated heterocycles. The second kappa shape index (κ2) is 7.47. The molecule has 2 amide bonds. The van der Waals surface area contributed by atoms with Gasteiger partial charge in [0, 0.05) is 32.1 Å². The average molecular weight is 283 g/mol. The van der Waals surface area contributed by atoms with Gasteiger partial charge < -0.3 is 20.2 Å². The topological polar surface area (TPSA) is 72.9 Å². The number of likely N-dealkylation sites (tertiary alicyclic amines) is 2. The Morgan fingerprint density at radius 2 is 1.70 bits per heavy atom. The normalized spacial score (nSPS) is 21.7. The first kappa shape index (κ1) is 15.1. The first-order chi connectivity index (χ1) is 9.65. The van der Waals surface area contributed by atoms with Crippen LogP contribution >= 0.6 is 0 Å². The fourth-order valence-electron chi connectivity index (χ4n) is 3.04. The number of carbonyl (C=O) groups is 2. The molecule has 6 heteroatoms. The minimum Gasteiger partial charge on any atom is -0.465 e. The molecule has 2 heterocycles. The van der Waals surface area contributed by atoms with Gasteiger partial charge in [0.25, 0.3) is 0 Å². The van der Waals surface area contributed by atoms with Gasteiger partial charge in [0.2, 0.25) is 5.91 Å². The lowest BCUT2D eigenvalue weighted by atomic mass is 10.0. The lowest BCUT2D eigenvalue weighted by molar-refractivity contribution is -0.132. The minimum absolute atomic E-state index is 0.00126. The summed E-state index contributed by atoms with van der Waals surface area (Å²) in [5.41, 5.74) is 0. The summed E-state index contributed by atoms with van der Waals surface area (Å²) < 4.78 is 0. The van der Waals surface area contributed by atoms with Crippen molar-refractivity contribution < 1.29 is 14.7 Å². The Bertz CT molecular complexity index is 335. The molecule has 2 rings (SSSR count). The molecule has 0 bridgehead atoms. The molecule has 0 aliphatic carbocycles. The largest absolute Gasteiger partial charge is 0.465 e. The summed E-state index contributed by atoms with van der Waals surface area (Å²) in [6.45, 7) is 4.45. The predicted octanol–water partition coefficient (Wildman–Crippen LogP) is 1.12. The van der Waals surface area contributed by atoms with Crippen LogP contribution in [0.5, 0.6) is 0 Å². The van der Waals surface area contributed by atoms with Crippen LogP contribution in [0.3, 0.4) is 0 Å². The van der Waals surface area contributed by atoms with E-state index in [0.29, 0.717) is 19.5 Å². The second-order valence-corrected chi connectivity index (χ2v) is 5.76. The summed E-state index contributed by atoms with van der Waals surface area (Å²) in [4.78, 5) is 26.9. The van der Waals surface area contributed by atoms with Crippen molar-refractivity contribution in [2.75, 3.05) is 32.7 Å². The zero-order valence-electron chi connectivity index (χ0n) is 12.0. The van der Waals surface area contributed by atoms with E-state index in [2.05, 4.69) is 10.2 Å². The summed E-state index contributed by atoms with van der Waals surface area (Å²) in [6.07, 6.45) is 4.88. The summed E-state index contributed by atoms with van der Waals surface area (Å²) >= 11 is 0. The summed E-state index contributed by atoms with van der Waals surface area (Å²) in [6, 6.07) is -0.00126. The molecule has 2 aliphatic heterocycles. The van der Waals surface area contributed by atoms with Gasteiger partial charge >= 0.3 is 6.09 Å². The summed E-state index contributed by atoms with van der Waals surface area (Å²) in [7, 11) is 0. The van der Waals surface area contributed by atoms with Gasteiger partial charge in [-0.2, -0.15) is 0 Å². The standard InChI is InChI=1S/C14H25N3O3/c18-13(6-9-16-7-2-1-3-8-16)17-10-4-12(5-11-17)15-14(19)20/h12,15H,1-11H2,(H,19,20). The molecule has 0 aromatic heterocycles.